The molecule has 0 aliphatic heterocycles. The summed E-state index contributed by atoms with van der Waals surface area (Å²) in [5.74, 6) is 0.731. The lowest BCUT2D eigenvalue weighted by atomic mass is 9.78. The molecule has 1 rings (SSSR count). The average Bonchev–Trinajstić information content (AvgIpc) is 2.39. The summed E-state index contributed by atoms with van der Waals surface area (Å²) in [5.41, 5.74) is 1.42. The van der Waals surface area contributed by atoms with Crippen LogP contribution in [0.1, 0.15) is 52.1 Å². The first-order valence-corrected chi connectivity index (χ1v) is 7.40. The molecule has 1 aromatic rings. The van der Waals surface area contributed by atoms with Gasteiger partial charge < -0.3 is 10.1 Å². The van der Waals surface area contributed by atoms with E-state index in [1.807, 2.05) is 12.1 Å². The molecule has 0 saturated heterocycles. The standard InChI is InChI=1S/C16H26ClNO/c1-6-10-18-15(16(3,4)7-2)12-8-9-14(19-5)13(17)11-12/h8-9,11,15,18H,6-7,10H2,1-5H3. The normalized spacial score (nSPS) is 13.4. The largest absolute Gasteiger partial charge is 0.495 e. The third-order valence-corrected chi connectivity index (χ3v) is 4.10. The Morgan fingerprint density at radius 3 is 2.47 bits per heavy atom. The lowest BCUT2D eigenvalue weighted by molar-refractivity contribution is 0.234. The number of rotatable bonds is 7. The molecule has 0 fully saturated rings. The van der Waals surface area contributed by atoms with Crippen molar-refractivity contribution < 1.29 is 4.74 Å². The maximum absolute atomic E-state index is 6.25. The minimum atomic E-state index is 0.188. The van der Waals surface area contributed by atoms with E-state index < -0.39 is 0 Å². The Morgan fingerprint density at radius 2 is 2.00 bits per heavy atom. The Bertz CT molecular complexity index is 404. The molecular weight excluding hydrogens is 258 g/mol. The lowest BCUT2D eigenvalue weighted by Gasteiger charge is -2.35. The van der Waals surface area contributed by atoms with Gasteiger partial charge in [-0.25, -0.2) is 0 Å². The van der Waals surface area contributed by atoms with Crippen molar-refractivity contribution in [1.82, 2.24) is 5.32 Å². The molecule has 108 valence electrons. The van der Waals surface area contributed by atoms with Crippen LogP contribution in [0.3, 0.4) is 0 Å². The molecule has 0 amide bonds. The molecule has 0 heterocycles. The van der Waals surface area contributed by atoms with E-state index in [1.54, 1.807) is 7.11 Å². The highest BCUT2D eigenvalue weighted by Crippen LogP contribution is 2.38. The van der Waals surface area contributed by atoms with E-state index in [2.05, 4.69) is 39.1 Å². The molecule has 2 nitrogen and oxygen atoms in total. The molecule has 0 aliphatic carbocycles. The van der Waals surface area contributed by atoms with Gasteiger partial charge in [0.1, 0.15) is 5.75 Å². The topological polar surface area (TPSA) is 21.3 Å². The van der Waals surface area contributed by atoms with Crippen molar-refractivity contribution in [3.63, 3.8) is 0 Å². The monoisotopic (exact) mass is 283 g/mol. The Morgan fingerprint density at radius 1 is 1.32 bits per heavy atom. The van der Waals surface area contributed by atoms with Crippen molar-refractivity contribution in [3.8, 4) is 5.75 Å². The number of halogens is 1. The van der Waals surface area contributed by atoms with Crippen LogP contribution >= 0.6 is 11.6 Å². The summed E-state index contributed by atoms with van der Waals surface area (Å²) in [7, 11) is 1.64. The van der Waals surface area contributed by atoms with E-state index in [9.17, 15) is 0 Å². The van der Waals surface area contributed by atoms with Crippen LogP contribution in [-0.2, 0) is 0 Å². The minimum Gasteiger partial charge on any atom is -0.495 e. The molecule has 0 bridgehead atoms. The van der Waals surface area contributed by atoms with Crippen LogP contribution in [0.4, 0.5) is 0 Å². The van der Waals surface area contributed by atoms with Crippen LogP contribution in [0.25, 0.3) is 0 Å². The van der Waals surface area contributed by atoms with E-state index >= 15 is 0 Å². The molecule has 0 aromatic heterocycles. The molecule has 1 atom stereocenters. The van der Waals surface area contributed by atoms with Gasteiger partial charge in [0.25, 0.3) is 0 Å². The lowest BCUT2D eigenvalue weighted by Crippen LogP contribution is -2.34. The van der Waals surface area contributed by atoms with Gasteiger partial charge in [0, 0.05) is 6.04 Å². The van der Waals surface area contributed by atoms with E-state index in [1.165, 1.54) is 5.56 Å². The highest BCUT2D eigenvalue weighted by molar-refractivity contribution is 6.32. The number of ether oxygens (including phenoxy) is 1. The van der Waals surface area contributed by atoms with Gasteiger partial charge in [-0.2, -0.15) is 0 Å². The highest BCUT2D eigenvalue weighted by Gasteiger charge is 2.29. The van der Waals surface area contributed by atoms with Crippen LogP contribution in [0.2, 0.25) is 5.02 Å². The fraction of sp³-hybridized carbons (Fsp3) is 0.625. The van der Waals surface area contributed by atoms with Crippen molar-refractivity contribution in [1.29, 1.82) is 0 Å². The zero-order chi connectivity index (χ0) is 14.5. The van der Waals surface area contributed by atoms with Crippen LogP contribution in [0.5, 0.6) is 5.75 Å². The van der Waals surface area contributed by atoms with Crippen molar-refractivity contribution >= 4 is 11.6 Å². The summed E-state index contributed by atoms with van der Waals surface area (Å²) in [6.45, 7) is 10.0. The van der Waals surface area contributed by atoms with Gasteiger partial charge in [-0.1, -0.05) is 45.4 Å². The van der Waals surface area contributed by atoms with E-state index in [4.69, 9.17) is 16.3 Å². The fourth-order valence-corrected chi connectivity index (χ4v) is 2.47. The maximum atomic E-state index is 6.25. The molecule has 3 heteroatoms. The molecular formula is C16H26ClNO. The molecule has 19 heavy (non-hydrogen) atoms. The van der Waals surface area contributed by atoms with Crippen molar-refractivity contribution in [2.24, 2.45) is 5.41 Å². The fourth-order valence-electron chi connectivity index (χ4n) is 2.20. The quantitative estimate of drug-likeness (QED) is 0.774. The third-order valence-electron chi connectivity index (χ3n) is 3.80. The summed E-state index contributed by atoms with van der Waals surface area (Å²) in [4.78, 5) is 0. The zero-order valence-electron chi connectivity index (χ0n) is 12.7. The van der Waals surface area contributed by atoms with Crippen LogP contribution in [0.15, 0.2) is 18.2 Å². The summed E-state index contributed by atoms with van der Waals surface area (Å²) in [6.07, 6.45) is 2.23. The van der Waals surface area contributed by atoms with Gasteiger partial charge in [0.05, 0.1) is 12.1 Å². The van der Waals surface area contributed by atoms with E-state index in [0.717, 1.165) is 25.1 Å². The smallest absolute Gasteiger partial charge is 0.137 e. The molecule has 1 N–H and O–H groups in total. The Kier molecular flexibility index (Phi) is 6.15. The van der Waals surface area contributed by atoms with Crippen molar-refractivity contribution in [2.45, 2.75) is 46.6 Å². The second-order valence-corrected chi connectivity index (χ2v) is 6.03. The first-order valence-electron chi connectivity index (χ1n) is 7.03. The highest BCUT2D eigenvalue weighted by atomic mass is 35.5. The van der Waals surface area contributed by atoms with Gasteiger partial charge in [0.15, 0.2) is 0 Å². The number of hydrogen-bond acceptors (Lipinski definition) is 2. The molecule has 0 aliphatic rings. The number of methoxy groups -OCH3 is 1. The van der Waals surface area contributed by atoms with Gasteiger partial charge in [-0.05, 0) is 42.5 Å². The Hall–Kier alpha value is -0.730. The van der Waals surface area contributed by atoms with Crippen molar-refractivity contribution in [3.05, 3.63) is 28.8 Å². The number of hydrogen-bond donors (Lipinski definition) is 1. The molecule has 0 saturated carbocycles. The third kappa shape index (κ3) is 4.12. The second-order valence-electron chi connectivity index (χ2n) is 5.62. The first kappa shape index (κ1) is 16.3. The Labute approximate surface area is 122 Å². The average molecular weight is 284 g/mol. The second kappa shape index (κ2) is 7.16. The molecule has 0 spiro atoms. The van der Waals surface area contributed by atoms with Gasteiger partial charge in [-0.15, -0.1) is 0 Å². The SMILES string of the molecule is CCCNC(c1ccc(OC)c(Cl)c1)C(C)(C)CC. The molecule has 1 unspecified atom stereocenters. The van der Waals surface area contributed by atoms with Gasteiger partial charge in [-0.3, -0.25) is 0 Å². The molecule has 0 radical (unpaired) electrons. The summed E-state index contributed by atoms with van der Waals surface area (Å²) >= 11 is 6.25. The van der Waals surface area contributed by atoms with Gasteiger partial charge >= 0.3 is 0 Å². The zero-order valence-corrected chi connectivity index (χ0v) is 13.5. The first-order chi connectivity index (χ1) is 8.96. The number of benzene rings is 1. The van der Waals surface area contributed by atoms with E-state index in [-0.39, 0.29) is 5.41 Å². The predicted octanol–water partition coefficient (Wildman–Crippen LogP) is 4.83. The predicted molar refractivity (Wildman–Crippen MR) is 83.1 cm³/mol. The molecule has 1 aromatic carbocycles. The summed E-state index contributed by atoms with van der Waals surface area (Å²) < 4.78 is 5.22. The maximum Gasteiger partial charge on any atom is 0.137 e. The summed E-state index contributed by atoms with van der Waals surface area (Å²) in [6, 6.07) is 6.38. The minimum absolute atomic E-state index is 0.188. The van der Waals surface area contributed by atoms with Crippen molar-refractivity contribution in [2.75, 3.05) is 13.7 Å². The van der Waals surface area contributed by atoms with Crippen LogP contribution in [0, 0.1) is 5.41 Å². The number of nitrogens with one attached hydrogen (secondary N) is 1. The Balaban J connectivity index is 3.06. The van der Waals surface area contributed by atoms with Crippen LogP contribution < -0.4 is 10.1 Å². The summed E-state index contributed by atoms with van der Waals surface area (Å²) in [5, 5.41) is 4.32. The van der Waals surface area contributed by atoms with E-state index in [0.29, 0.717) is 11.1 Å². The van der Waals surface area contributed by atoms with Gasteiger partial charge in [0.2, 0.25) is 0 Å². The van der Waals surface area contributed by atoms with Crippen LogP contribution in [-0.4, -0.2) is 13.7 Å².